The standard InChI is InChI=1S/C17H24O3.4CO.Mo/c1-3-19-17(18)13-9-7-5-4-6-8-11-16-12-10-14-20-15(16)2;4*1-2;/h5,7,9,13H,3-4,6,8,10,12,14H2,1-2H3;;;;;/b7-5+,13-9+;;;;;. The minimum absolute atomic E-state index is 0.286. The molecule has 0 unspecified atom stereocenters. The van der Waals surface area contributed by atoms with Crippen LogP contribution in [-0.4, -0.2) is 23.1 Å². The van der Waals surface area contributed by atoms with Crippen molar-refractivity contribution >= 4 is 9.87 Å². The molecule has 8 heteroatoms. The van der Waals surface area contributed by atoms with E-state index in [1.807, 2.05) is 6.08 Å². The SMILES string of the molecule is CCOC(=O)/C=C/C=C/CCC[C](=[Mo])C1=C(C)OCCC1.[C-]#[O+].[C-]#[O+].[C-]#[O+].[C-]#[O+]. The van der Waals surface area contributed by atoms with Crippen molar-refractivity contribution in [2.75, 3.05) is 13.2 Å². The average molecular weight is 484 g/mol. The molecule has 0 radical (unpaired) electrons. The predicted octanol–water partition coefficient (Wildman–Crippen LogP) is 3.49. The molecule has 0 atom stereocenters. The van der Waals surface area contributed by atoms with Crippen molar-refractivity contribution in [3.8, 4) is 0 Å². The Bertz CT molecular complexity index is 583. The van der Waals surface area contributed by atoms with E-state index in [0.717, 1.165) is 44.5 Å². The van der Waals surface area contributed by atoms with Crippen LogP contribution in [0.15, 0.2) is 35.6 Å². The van der Waals surface area contributed by atoms with Gasteiger partial charge in [-0.1, -0.05) is 0 Å². The average Bonchev–Trinajstić information content (AvgIpc) is 2.79. The number of rotatable bonds is 8. The molecule has 156 valence electrons. The van der Waals surface area contributed by atoms with Gasteiger partial charge in [-0.2, -0.15) is 0 Å². The summed E-state index contributed by atoms with van der Waals surface area (Å²) in [6, 6.07) is 0. The van der Waals surface area contributed by atoms with E-state index in [-0.39, 0.29) is 5.97 Å². The van der Waals surface area contributed by atoms with Gasteiger partial charge in [0.2, 0.25) is 0 Å². The Morgan fingerprint density at radius 3 is 2.24 bits per heavy atom. The van der Waals surface area contributed by atoms with Crippen molar-refractivity contribution in [2.24, 2.45) is 0 Å². The number of unbranched alkanes of at least 4 members (excludes halogenated alkanes) is 1. The molecule has 1 heterocycles. The molecule has 0 saturated heterocycles. The molecule has 0 bridgehead atoms. The third-order valence-electron chi connectivity index (χ3n) is 3.19. The van der Waals surface area contributed by atoms with E-state index in [4.69, 9.17) is 28.1 Å². The molecular formula is C21H24MoO7. The maximum absolute atomic E-state index is 11.1. The number of carbonyl (C=O) groups excluding carboxylic acids is 1. The second-order valence-electron chi connectivity index (χ2n) is 4.84. The molecule has 0 aromatic heterocycles. The van der Waals surface area contributed by atoms with Crippen LogP contribution >= 0.6 is 0 Å². The first-order chi connectivity index (χ1) is 14.1. The van der Waals surface area contributed by atoms with E-state index in [0.29, 0.717) is 6.61 Å². The molecular weight excluding hydrogens is 460 g/mol. The van der Waals surface area contributed by atoms with Gasteiger partial charge in [0.25, 0.3) is 0 Å². The van der Waals surface area contributed by atoms with E-state index in [2.05, 4.69) is 59.0 Å². The van der Waals surface area contributed by atoms with Crippen LogP contribution in [0.2, 0.25) is 0 Å². The number of hydrogen-bond acceptors (Lipinski definition) is 3. The van der Waals surface area contributed by atoms with Gasteiger partial charge in [-0.3, -0.25) is 0 Å². The summed E-state index contributed by atoms with van der Waals surface area (Å²) in [5.74, 6) is 0.820. The first-order valence-corrected chi connectivity index (χ1v) is 9.32. The van der Waals surface area contributed by atoms with Gasteiger partial charge in [-0.05, 0) is 0 Å². The number of hydrogen-bond donors (Lipinski definition) is 0. The zero-order valence-corrected chi connectivity index (χ0v) is 18.5. The van der Waals surface area contributed by atoms with Gasteiger partial charge < -0.3 is 0 Å². The summed E-state index contributed by atoms with van der Waals surface area (Å²) in [6.07, 6.45) is 12.7. The maximum atomic E-state index is 11.1. The fourth-order valence-corrected chi connectivity index (χ4v) is 3.06. The first kappa shape index (κ1) is 34.5. The Morgan fingerprint density at radius 1 is 1.14 bits per heavy atom. The molecule has 0 N–H and O–H groups in total. The fourth-order valence-electron chi connectivity index (χ4n) is 2.10. The van der Waals surface area contributed by atoms with E-state index >= 15 is 0 Å². The van der Waals surface area contributed by atoms with E-state index in [9.17, 15) is 4.79 Å². The van der Waals surface area contributed by atoms with Crippen molar-refractivity contribution in [1.29, 1.82) is 0 Å². The van der Waals surface area contributed by atoms with Crippen LogP contribution in [0.3, 0.4) is 0 Å². The molecule has 1 aliphatic rings. The van der Waals surface area contributed by atoms with Crippen molar-refractivity contribution in [3.63, 3.8) is 0 Å². The van der Waals surface area contributed by atoms with Gasteiger partial charge >= 0.3 is 184 Å². The molecule has 7 nitrogen and oxygen atoms in total. The van der Waals surface area contributed by atoms with Crippen LogP contribution in [0, 0.1) is 26.6 Å². The molecule has 1 rings (SSSR count). The molecule has 1 aliphatic heterocycles. The summed E-state index contributed by atoms with van der Waals surface area (Å²) in [4.78, 5) is 11.1. The first-order valence-electron chi connectivity index (χ1n) is 8.32. The quantitative estimate of drug-likeness (QED) is 0.0999. The molecule has 29 heavy (non-hydrogen) atoms. The van der Waals surface area contributed by atoms with Gasteiger partial charge in [-0.15, -0.1) is 0 Å². The van der Waals surface area contributed by atoms with Crippen molar-refractivity contribution in [3.05, 3.63) is 62.2 Å². The van der Waals surface area contributed by atoms with Gasteiger partial charge in [-0.25, -0.2) is 0 Å². The molecule has 0 amide bonds. The van der Waals surface area contributed by atoms with Crippen molar-refractivity contribution in [2.45, 2.75) is 46.0 Å². The Hall–Kier alpha value is -1.99. The Labute approximate surface area is 183 Å². The third-order valence-corrected chi connectivity index (χ3v) is 4.30. The second kappa shape index (κ2) is 30.7. The molecule has 0 aromatic rings. The summed E-state index contributed by atoms with van der Waals surface area (Å²) in [6.45, 7) is 23.1. The second-order valence-corrected chi connectivity index (χ2v) is 6.05. The summed E-state index contributed by atoms with van der Waals surface area (Å²) >= 11 is 2.13. The van der Waals surface area contributed by atoms with Gasteiger partial charge in [0, 0.05) is 0 Å². The van der Waals surface area contributed by atoms with Gasteiger partial charge in [0.1, 0.15) is 0 Å². The van der Waals surface area contributed by atoms with Gasteiger partial charge in [0.05, 0.1) is 0 Å². The predicted molar refractivity (Wildman–Crippen MR) is 97.4 cm³/mol. The Morgan fingerprint density at radius 2 is 1.72 bits per heavy atom. The summed E-state index contributed by atoms with van der Waals surface area (Å²) in [5, 5.41) is 0. The summed E-state index contributed by atoms with van der Waals surface area (Å²) in [5.41, 5.74) is 1.41. The number of carbonyl (C=O) groups is 1. The van der Waals surface area contributed by atoms with Crippen LogP contribution < -0.4 is 0 Å². The van der Waals surface area contributed by atoms with Crippen LogP contribution in [0.1, 0.15) is 46.0 Å². The normalized spacial score (nSPS) is 11.5. The molecule has 0 saturated carbocycles. The van der Waals surface area contributed by atoms with E-state index in [1.165, 1.54) is 15.5 Å². The number of allylic oxidation sites excluding steroid dienone is 5. The fraction of sp³-hybridized carbons (Fsp3) is 0.429. The zero-order chi connectivity index (χ0) is 23.5. The topological polar surface area (TPSA) is 115 Å². The summed E-state index contributed by atoms with van der Waals surface area (Å²) in [7, 11) is 0. The molecule has 0 aromatic carbocycles. The molecule has 0 fully saturated rings. The number of esters is 1. The van der Waals surface area contributed by atoms with Gasteiger partial charge in [0.15, 0.2) is 0 Å². The molecule has 0 aliphatic carbocycles. The minimum atomic E-state index is -0.286. The van der Waals surface area contributed by atoms with Crippen LogP contribution in [-0.2, 0) is 52.2 Å². The van der Waals surface area contributed by atoms with E-state index in [1.54, 1.807) is 13.0 Å². The summed E-state index contributed by atoms with van der Waals surface area (Å²) < 4.78 is 41.9. The Kier molecular flexibility index (Phi) is 36.6. The monoisotopic (exact) mass is 486 g/mol. The zero-order valence-electron chi connectivity index (χ0n) is 16.5. The van der Waals surface area contributed by atoms with Crippen LogP contribution in [0.4, 0.5) is 0 Å². The Balaban J connectivity index is -0.000000347. The molecule has 0 spiro atoms. The third kappa shape index (κ3) is 22.2. The number of ether oxygens (including phenoxy) is 2. The van der Waals surface area contributed by atoms with Crippen LogP contribution in [0.5, 0.6) is 0 Å². The van der Waals surface area contributed by atoms with E-state index < -0.39 is 0 Å². The van der Waals surface area contributed by atoms with Crippen LogP contribution in [0.25, 0.3) is 0 Å². The van der Waals surface area contributed by atoms with Crippen molar-refractivity contribution < 1.29 is 52.2 Å². The van der Waals surface area contributed by atoms with Crippen molar-refractivity contribution in [1.82, 2.24) is 0 Å².